The van der Waals surface area contributed by atoms with E-state index in [1.165, 1.54) is 18.2 Å². The molecule has 3 unspecified atom stereocenters. The maximum atomic E-state index is 12.4. The largest absolute Gasteiger partial charge is 0.513 e. The SMILES string of the molecule is CCCOC(=O)Oc1ccc(C(C(C)C(C)OC(=O)OC2CCCCC2)[C@H](N)C(=O)O)cc1OC(=O)OCCC. The topological polar surface area (TPSA) is 170 Å². The number of hydrogen-bond acceptors (Lipinski definition) is 11. The number of ether oxygens (including phenoxy) is 6. The lowest BCUT2D eigenvalue weighted by Gasteiger charge is -2.32. The highest BCUT2D eigenvalue weighted by Crippen LogP contribution is 2.37. The van der Waals surface area contributed by atoms with Crippen molar-refractivity contribution in [1.29, 1.82) is 0 Å². The van der Waals surface area contributed by atoms with Gasteiger partial charge in [0.1, 0.15) is 18.2 Å². The van der Waals surface area contributed by atoms with Gasteiger partial charge in [-0.3, -0.25) is 4.79 Å². The molecular formula is C28H41NO11. The molecule has 40 heavy (non-hydrogen) atoms. The fraction of sp³-hybridized carbons (Fsp3) is 0.643. The number of carboxylic acids is 1. The molecule has 0 saturated heterocycles. The van der Waals surface area contributed by atoms with Crippen LogP contribution in [-0.2, 0) is 23.7 Å². The quantitative estimate of drug-likeness (QED) is 0.173. The third kappa shape index (κ3) is 10.2. The van der Waals surface area contributed by atoms with Crippen LogP contribution in [0, 0.1) is 5.92 Å². The van der Waals surface area contributed by atoms with Crippen LogP contribution in [0.5, 0.6) is 11.5 Å². The van der Waals surface area contributed by atoms with E-state index in [1.807, 2.05) is 6.92 Å². The molecule has 4 atom stereocenters. The third-order valence-electron chi connectivity index (χ3n) is 6.66. The molecule has 1 aromatic carbocycles. The number of benzene rings is 1. The Bertz CT molecular complexity index is 992. The van der Waals surface area contributed by atoms with Gasteiger partial charge in [0.2, 0.25) is 0 Å². The van der Waals surface area contributed by atoms with Crippen LogP contribution in [0.1, 0.15) is 84.1 Å². The molecule has 3 N–H and O–H groups in total. The summed E-state index contributed by atoms with van der Waals surface area (Å²) < 4.78 is 31.3. The highest BCUT2D eigenvalue weighted by Gasteiger charge is 2.36. The minimum Gasteiger partial charge on any atom is -0.480 e. The van der Waals surface area contributed by atoms with Crippen molar-refractivity contribution in [1.82, 2.24) is 0 Å². The predicted octanol–water partition coefficient (Wildman–Crippen LogP) is 5.54. The number of carbonyl (C=O) groups is 4. The average molecular weight is 568 g/mol. The molecule has 0 aliphatic heterocycles. The zero-order valence-electron chi connectivity index (χ0n) is 23.6. The summed E-state index contributed by atoms with van der Waals surface area (Å²) in [5.41, 5.74) is 6.43. The minimum absolute atomic E-state index is 0.0998. The second-order valence-electron chi connectivity index (χ2n) is 9.81. The molecule has 1 aliphatic carbocycles. The first-order valence-corrected chi connectivity index (χ1v) is 13.8. The first kappa shape index (κ1) is 32.7. The fourth-order valence-corrected chi connectivity index (χ4v) is 4.39. The van der Waals surface area contributed by atoms with Crippen LogP contribution in [0.15, 0.2) is 18.2 Å². The maximum Gasteiger partial charge on any atom is 0.513 e. The van der Waals surface area contributed by atoms with Crippen molar-refractivity contribution < 1.29 is 52.7 Å². The Morgan fingerprint density at radius 2 is 1.48 bits per heavy atom. The maximum absolute atomic E-state index is 12.4. The molecule has 2 rings (SSSR count). The van der Waals surface area contributed by atoms with E-state index in [-0.39, 0.29) is 30.8 Å². The summed E-state index contributed by atoms with van der Waals surface area (Å²) in [6.07, 6.45) is 1.86. The lowest BCUT2D eigenvalue weighted by molar-refractivity contribution is -0.139. The summed E-state index contributed by atoms with van der Waals surface area (Å²) in [6, 6.07) is 2.75. The van der Waals surface area contributed by atoms with Gasteiger partial charge >= 0.3 is 24.4 Å². The molecule has 0 radical (unpaired) electrons. The van der Waals surface area contributed by atoms with Crippen molar-refractivity contribution in [2.75, 3.05) is 13.2 Å². The lowest BCUT2D eigenvalue weighted by Crippen LogP contribution is -2.43. The minimum atomic E-state index is -1.42. The Hall–Kier alpha value is -3.54. The first-order valence-electron chi connectivity index (χ1n) is 13.8. The van der Waals surface area contributed by atoms with Gasteiger partial charge in [-0.25, -0.2) is 14.4 Å². The number of carboxylic acid groups (broad SMARTS) is 1. The van der Waals surface area contributed by atoms with Crippen LogP contribution in [0.3, 0.4) is 0 Å². The molecule has 0 heterocycles. The first-order chi connectivity index (χ1) is 19.1. The van der Waals surface area contributed by atoms with Crippen molar-refractivity contribution in [2.45, 2.75) is 96.8 Å². The zero-order chi connectivity index (χ0) is 29.7. The van der Waals surface area contributed by atoms with Crippen LogP contribution in [0.25, 0.3) is 0 Å². The third-order valence-corrected chi connectivity index (χ3v) is 6.66. The summed E-state index contributed by atoms with van der Waals surface area (Å²) in [7, 11) is 0. The van der Waals surface area contributed by atoms with Gasteiger partial charge in [-0.05, 0) is 63.1 Å². The van der Waals surface area contributed by atoms with Crippen LogP contribution >= 0.6 is 0 Å². The predicted molar refractivity (Wildman–Crippen MR) is 142 cm³/mol. The summed E-state index contributed by atoms with van der Waals surface area (Å²) in [5.74, 6) is -3.17. The summed E-state index contributed by atoms with van der Waals surface area (Å²) in [4.78, 5) is 48.7. The Labute approximate surface area is 234 Å². The van der Waals surface area contributed by atoms with E-state index in [1.54, 1.807) is 20.8 Å². The average Bonchev–Trinajstić information content (AvgIpc) is 2.92. The molecule has 12 nitrogen and oxygen atoms in total. The molecule has 1 saturated carbocycles. The standard InChI is InChI=1S/C28H41NO11/c1-5-14-35-26(32)39-21-13-12-19(16-22(21)40-27(33)36-15-6-2)23(24(29)25(30)31)17(3)18(4)37-28(34)38-20-10-8-7-9-11-20/h12-13,16-18,20,23-24H,5-11,14-15,29H2,1-4H3,(H,30,31)/t17?,18?,23?,24-/m0/s1. The molecule has 1 fully saturated rings. The zero-order valence-corrected chi connectivity index (χ0v) is 23.6. The molecule has 1 aromatic rings. The van der Waals surface area contributed by atoms with E-state index in [0.717, 1.165) is 32.1 Å². The van der Waals surface area contributed by atoms with E-state index in [9.17, 15) is 24.3 Å². The van der Waals surface area contributed by atoms with Crippen LogP contribution in [-0.4, -0.2) is 61.0 Å². The second kappa shape index (κ2) is 16.5. The Morgan fingerprint density at radius 1 is 0.900 bits per heavy atom. The van der Waals surface area contributed by atoms with Crippen LogP contribution in [0.4, 0.5) is 14.4 Å². The fourth-order valence-electron chi connectivity index (χ4n) is 4.39. The number of hydrogen-bond donors (Lipinski definition) is 2. The van der Waals surface area contributed by atoms with Crippen molar-refractivity contribution >= 4 is 24.4 Å². The molecule has 0 bridgehead atoms. The number of nitrogens with two attached hydrogens (primary N) is 1. The number of rotatable bonds is 13. The second-order valence-corrected chi connectivity index (χ2v) is 9.81. The van der Waals surface area contributed by atoms with Gasteiger partial charge in [0.25, 0.3) is 0 Å². The monoisotopic (exact) mass is 567 g/mol. The van der Waals surface area contributed by atoms with Crippen molar-refractivity contribution in [3.05, 3.63) is 23.8 Å². The molecular weight excluding hydrogens is 526 g/mol. The summed E-state index contributed by atoms with van der Waals surface area (Å²) >= 11 is 0. The van der Waals surface area contributed by atoms with Gasteiger partial charge in [-0.1, -0.05) is 33.3 Å². The Morgan fingerprint density at radius 3 is 2.02 bits per heavy atom. The van der Waals surface area contributed by atoms with Crippen LogP contribution < -0.4 is 15.2 Å². The number of carbonyl (C=O) groups excluding carboxylic acids is 3. The number of aliphatic carboxylic acids is 1. The van der Waals surface area contributed by atoms with E-state index < -0.39 is 48.4 Å². The molecule has 0 aromatic heterocycles. The highest BCUT2D eigenvalue weighted by atomic mass is 16.7. The smallest absolute Gasteiger partial charge is 0.480 e. The van der Waals surface area contributed by atoms with E-state index in [4.69, 9.17) is 34.2 Å². The van der Waals surface area contributed by atoms with Crippen molar-refractivity contribution in [3.63, 3.8) is 0 Å². The molecule has 224 valence electrons. The van der Waals surface area contributed by atoms with E-state index >= 15 is 0 Å². The van der Waals surface area contributed by atoms with Gasteiger partial charge in [0.15, 0.2) is 11.5 Å². The van der Waals surface area contributed by atoms with Gasteiger partial charge in [0.05, 0.1) is 13.2 Å². The van der Waals surface area contributed by atoms with Crippen molar-refractivity contribution in [3.8, 4) is 11.5 Å². The normalized spacial score (nSPS) is 16.5. The molecule has 0 amide bonds. The molecule has 0 spiro atoms. The lowest BCUT2D eigenvalue weighted by atomic mass is 9.79. The summed E-state index contributed by atoms with van der Waals surface area (Å²) in [6.45, 7) is 7.15. The Kier molecular flexibility index (Phi) is 13.5. The van der Waals surface area contributed by atoms with Gasteiger partial charge in [0, 0.05) is 11.8 Å². The highest BCUT2D eigenvalue weighted by molar-refractivity contribution is 5.75. The van der Waals surface area contributed by atoms with Gasteiger partial charge in [-0.2, -0.15) is 0 Å². The van der Waals surface area contributed by atoms with E-state index in [2.05, 4.69) is 0 Å². The van der Waals surface area contributed by atoms with Crippen LogP contribution in [0.2, 0.25) is 0 Å². The Balaban J connectivity index is 2.32. The van der Waals surface area contributed by atoms with Gasteiger partial charge < -0.3 is 39.3 Å². The molecule has 12 heteroatoms. The van der Waals surface area contributed by atoms with E-state index in [0.29, 0.717) is 18.4 Å². The van der Waals surface area contributed by atoms with Gasteiger partial charge in [-0.15, -0.1) is 0 Å². The summed E-state index contributed by atoms with van der Waals surface area (Å²) in [5, 5.41) is 9.76. The molecule has 1 aliphatic rings. The van der Waals surface area contributed by atoms with Crippen molar-refractivity contribution in [2.24, 2.45) is 11.7 Å².